The quantitative estimate of drug-likeness (QED) is 0.640. The van der Waals surface area contributed by atoms with Gasteiger partial charge in [-0.25, -0.2) is 0 Å². The number of aromatic nitrogens is 2. The second-order valence-electron chi connectivity index (χ2n) is 4.32. The average molecular weight is 239 g/mol. The van der Waals surface area contributed by atoms with Crippen LogP contribution in [0.2, 0.25) is 0 Å². The molecular formula is C14H13N3O. The summed E-state index contributed by atoms with van der Waals surface area (Å²) in [4.78, 5) is 17.3. The molecule has 90 valence electrons. The highest BCUT2D eigenvalue weighted by molar-refractivity contribution is 5.84. The van der Waals surface area contributed by atoms with Crippen LogP contribution in [0, 0.1) is 0 Å². The molecule has 18 heavy (non-hydrogen) atoms. The normalized spacial score (nSPS) is 10.9. The second-order valence-corrected chi connectivity index (χ2v) is 4.32. The zero-order valence-corrected chi connectivity index (χ0v) is 9.73. The van der Waals surface area contributed by atoms with Gasteiger partial charge in [-0.2, -0.15) is 0 Å². The Morgan fingerprint density at radius 2 is 1.94 bits per heavy atom. The van der Waals surface area contributed by atoms with E-state index in [1.807, 2.05) is 24.4 Å². The minimum Gasteiger partial charge on any atom is -0.385 e. The van der Waals surface area contributed by atoms with Gasteiger partial charge in [0.15, 0.2) is 0 Å². The number of pyridine rings is 1. The van der Waals surface area contributed by atoms with Gasteiger partial charge in [-0.1, -0.05) is 30.3 Å². The molecule has 3 aromatic rings. The lowest BCUT2D eigenvalue weighted by atomic mass is 10.1. The first kappa shape index (κ1) is 10.7. The summed E-state index contributed by atoms with van der Waals surface area (Å²) in [5.41, 5.74) is 8.36. The Morgan fingerprint density at radius 3 is 2.72 bits per heavy atom. The smallest absolute Gasteiger partial charge is 0.273 e. The Balaban J connectivity index is 2.11. The van der Waals surface area contributed by atoms with Gasteiger partial charge in [-0.15, -0.1) is 0 Å². The van der Waals surface area contributed by atoms with Crippen molar-refractivity contribution in [1.82, 2.24) is 9.97 Å². The van der Waals surface area contributed by atoms with E-state index in [1.54, 1.807) is 6.07 Å². The number of hydrogen-bond donors (Lipinski definition) is 3. The van der Waals surface area contributed by atoms with Gasteiger partial charge in [0.05, 0.1) is 0 Å². The van der Waals surface area contributed by atoms with Crippen LogP contribution in [0.5, 0.6) is 0 Å². The molecule has 0 saturated carbocycles. The minimum atomic E-state index is -0.177. The first-order valence-corrected chi connectivity index (χ1v) is 5.77. The van der Waals surface area contributed by atoms with Crippen molar-refractivity contribution in [2.45, 2.75) is 6.42 Å². The second kappa shape index (κ2) is 4.07. The number of benzene rings is 1. The Kier molecular flexibility index (Phi) is 2.41. The van der Waals surface area contributed by atoms with Crippen molar-refractivity contribution in [2.75, 3.05) is 5.73 Å². The van der Waals surface area contributed by atoms with E-state index in [1.165, 1.54) is 5.56 Å². The Hall–Kier alpha value is -2.49. The summed E-state index contributed by atoms with van der Waals surface area (Å²) >= 11 is 0. The molecule has 0 saturated heterocycles. The SMILES string of the molecule is Nc1cc2c(Cc3ccccc3)c[nH]c2c(=O)[nH]1. The Morgan fingerprint density at radius 1 is 1.17 bits per heavy atom. The number of hydrogen-bond acceptors (Lipinski definition) is 2. The van der Waals surface area contributed by atoms with Crippen molar-refractivity contribution in [3.8, 4) is 0 Å². The van der Waals surface area contributed by atoms with Gasteiger partial charge in [0.1, 0.15) is 11.3 Å². The summed E-state index contributed by atoms with van der Waals surface area (Å²) < 4.78 is 0. The molecule has 3 rings (SSSR count). The molecule has 4 N–H and O–H groups in total. The largest absolute Gasteiger partial charge is 0.385 e. The molecule has 0 spiro atoms. The number of fused-ring (bicyclic) bond motifs is 1. The molecule has 0 unspecified atom stereocenters. The van der Waals surface area contributed by atoms with Crippen LogP contribution < -0.4 is 11.3 Å². The number of anilines is 1. The molecule has 4 nitrogen and oxygen atoms in total. The van der Waals surface area contributed by atoms with Gasteiger partial charge >= 0.3 is 0 Å². The monoisotopic (exact) mass is 239 g/mol. The fourth-order valence-corrected chi connectivity index (χ4v) is 2.18. The molecular weight excluding hydrogens is 226 g/mol. The zero-order valence-electron chi connectivity index (χ0n) is 9.73. The topological polar surface area (TPSA) is 74.7 Å². The molecule has 0 aliphatic heterocycles. The maximum Gasteiger partial charge on any atom is 0.273 e. The van der Waals surface area contributed by atoms with Crippen molar-refractivity contribution in [2.24, 2.45) is 0 Å². The fourth-order valence-electron chi connectivity index (χ4n) is 2.18. The third kappa shape index (κ3) is 1.78. The van der Waals surface area contributed by atoms with Gasteiger partial charge in [-0.05, 0) is 23.6 Å². The highest BCUT2D eigenvalue weighted by Crippen LogP contribution is 2.19. The van der Waals surface area contributed by atoms with Crippen LogP contribution in [-0.4, -0.2) is 9.97 Å². The molecule has 2 aromatic heterocycles. The van der Waals surface area contributed by atoms with Gasteiger partial charge in [-0.3, -0.25) is 4.79 Å². The molecule has 0 radical (unpaired) electrons. The maximum absolute atomic E-state index is 11.7. The molecule has 2 heterocycles. The van der Waals surface area contributed by atoms with Crippen LogP contribution in [0.1, 0.15) is 11.1 Å². The zero-order chi connectivity index (χ0) is 12.5. The van der Waals surface area contributed by atoms with Crippen LogP contribution in [0.15, 0.2) is 47.4 Å². The standard InChI is InChI=1S/C14H13N3O/c15-12-7-11-10(6-9-4-2-1-3-5-9)8-16-13(11)14(18)17-12/h1-5,7-8,16H,6H2,(H3,15,17,18). The van der Waals surface area contributed by atoms with Crippen LogP contribution >= 0.6 is 0 Å². The molecule has 0 atom stereocenters. The van der Waals surface area contributed by atoms with Crippen molar-refractivity contribution in [3.05, 3.63) is 64.1 Å². The van der Waals surface area contributed by atoms with E-state index in [9.17, 15) is 4.79 Å². The highest BCUT2D eigenvalue weighted by atomic mass is 16.1. The lowest BCUT2D eigenvalue weighted by Gasteiger charge is -2.00. The molecule has 0 aliphatic carbocycles. The van der Waals surface area contributed by atoms with Crippen LogP contribution in [-0.2, 0) is 6.42 Å². The third-order valence-corrected chi connectivity index (χ3v) is 3.03. The van der Waals surface area contributed by atoms with E-state index in [0.29, 0.717) is 11.3 Å². The molecule has 4 heteroatoms. The predicted molar refractivity (Wildman–Crippen MR) is 72.6 cm³/mol. The van der Waals surface area contributed by atoms with Gasteiger partial charge in [0.25, 0.3) is 5.56 Å². The van der Waals surface area contributed by atoms with E-state index in [0.717, 1.165) is 17.4 Å². The summed E-state index contributed by atoms with van der Waals surface area (Å²) in [6.45, 7) is 0. The number of H-pyrrole nitrogens is 2. The number of nitrogens with one attached hydrogen (secondary N) is 2. The van der Waals surface area contributed by atoms with Crippen molar-refractivity contribution in [1.29, 1.82) is 0 Å². The van der Waals surface area contributed by atoms with Gasteiger partial charge < -0.3 is 15.7 Å². The van der Waals surface area contributed by atoms with Gasteiger partial charge in [0, 0.05) is 11.6 Å². The molecule has 0 fully saturated rings. The number of nitrogen functional groups attached to an aromatic ring is 1. The Bertz CT molecular complexity index is 741. The van der Waals surface area contributed by atoms with Gasteiger partial charge in [0.2, 0.25) is 0 Å². The number of nitrogens with two attached hydrogens (primary N) is 1. The lowest BCUT2D eigenvalue weighted by molar-refractivity contribution is 1.21. The van der Waals surface area contributed by atoms with Crippen molar-refractivity contribution in [3.63, 3.8) is 0 Å². The lowest BCUT2D eigenvalue weighted by Crippen LogP contribution is -2.08. The summed E-state index contributed by atoms with van der Waals surface area (Å²) in [5, 5.41) is 0.889. The van der Waals surface area contributed by atoms with E-state index in [4.69, 9.17) is 5.73 Å². The highest BCUT2D eigenvalue weighted by Gasteiger charge is 2.08. The van der Waals surface area contributed by atoms with Crippen LogP contribution in [0.4, 0.5) is 5.82 Å². The molecule has 0 bridgehead atoms. The van der Waals surface area contributed by atoms with Crippen molar-refractivity contribution < 1.29 is 0 Å². The summed E-state index contributed by atoms with van der Waals surface area (Å²) in [7, 11) is 0. The molecule has 0 aliphatic rings. The average Bonchev–Trinajstić information content (AvgIpc) is 2.74. The minimum absolute atomic E-state index is 0.177. The summed E-state index contributed by atoms with van der Waals surface area (Å²) in [6.07, 6.45) is 2.65. The van der Waals surface area contributed by atoms with Crippen LogP contribution in [0.25, 0.3) is 10.9 Å². The third-order valence-electron chi connectivity index (χ3n) is 3.03. The summed E-state index contributed by atoms with van der Waals surface area (Å²) in [6, 6.07) is 11.9. The summed E-state index contributed by atoms with van der Waals surface area (Å²) in [5.74, 6) is 0.390. The molecule has 1 aromatic carbocycles. The van der Waals surface area contributed by atoms with Crippen molar-refractivity contribution >= 4 is 16.7 Å². The first-order chi connectivity index (χ1) is 8.74. The molecule has 0 amide bonds. The predicted octanol–water partition coefficient (Wildman–Crippen LogP) is 2.03. The number of rotatable bonds is 2. The van der Waals surface area contributed by atoms with E-state index in [2.05, 4.69) is 22.1 Å². The first-order valence-electron chi connectivity index (χ1n) is 5.77. The number of aromatic amines is 2. The fraction of sp³-hybridized carbons (Fsp3) is 0.0714. The van der Waals surface area contributed by atoms with Crippen LogP contribution in [0.3, 0.4) is 0 Å². The maximum atomic E-state index is 11.7. The van der Waals surface area contributed by atoms with E-state index >= 15 is 0 Å². The van der Waals surface area contributed by atoms with E-state index < -0.39 is 0 Å². The van der Waals surface area contributed by atoms with E-state index in [-0.39, 0.29) is 5.56 Å². The Labute approximate surface area is 103 Å².